The molecule has 0 atom stereocenters. The molecule has 2 aromatic carbocycles. The molecule has 5 heteroatoms. The van der Waals surface area contributed by atoms with Gasteiger partial charge in [-0.2, -0.15) is 0 Å². The van der Waals surface area contributed by atoms with Crippen molar-refractivity contribution < 1.29 is 9.90 Å². The van der Waals surface area contributed by atoms with Crippen LogP contribution >= 0.6 is 27.5 Å². The van der Waals surface area contributed by atoms with Gasteiger partial charge in [-0.3, -0.25) is 0 Å². The smallest absolute Gasteiger partial charge is 0.0731 e. The zero-order valence-corrected chi connectivity index (χ0v) is 13.0. The Labute approximate surface area is 134 Å². The second-order valence-electron chi connectivity index (χ2n) is 4.48. The van der Waals surface area contributed by atoms with Crippen LogP contribution in [0, 0.1) is 0 Å². The zero-order chi connectivity index (χ0) is 15.0. The van der Waals surface area contributed by atoms with Crippen LogP contribution in [0.2, 0.25) is 5.02 Å². The summed E-state index contributed by atoms with van der Waals surface area (Å²) in [4.78, 5) is 15.9. The summed E-state index contributed by atoms with van der Waals surface area (Å²) in [5.41, 5.74) is 1.87. The molecule has 104 valence electrons. The molecule has 3 aromatic rings. The normalized spacial score (nSPS) is 10.8. The van der Waals surface area contributed by atoms with Crippen molar-refractivity contribution >= 4 is 44.4 Å². The van der Waals surface area contributed by atoms with Crippen LogP contribution in [-0.4, -0.2) is 11.0 Å². The second kappa shape index (κ2) is 5.47. The van der Waals surface area contributed by atoms with Gasteiger partial charge < -0.3 is 9.90 Å². The molecule has 21 heavy (non-hydrogen) atoms. The van der Waals surface area contributed by atoms with Gasteiger partial charge in [0.1, 0.15) is 0 Å². The number of aromatic nitrogens is 1. The fourth-order valence-electron chi connectivity index (χ4n) is 2.17. The molecule has 3 rings (SSSR count). The predicted molar refractivity (Wildman–Crippen MR) is 84.2 cm³/mol. The Morgan fingerprint density at radius 3 is 2.62 bits per heavy atom. The number of benzene rings is 2. The largest absolute Gasteiger partial charge is 0.545 e. The van der Waals surface area contributed by atoms with E-state index in [9.17, 15) is 9.90 Å². The van der Waals surface area contributed by atoms with E-state index < -0.39 is 5.97 Å². The quantitative estimate of drug-likeness (QED) is 0.699. The minimum absolute atomic E-state index is 0.0937. The molecule has 3 nitrogen and oxygen atoms in total. The monoisotopic (exact) mass is 360 g/mol. The Hall–Kier alpha value is -1.91. The molecule has 0 unspecified atom stereocenters. The summed E-state index contributed by atoms with van der Waals surface area (Å²) in [6.07, 6.45) is 0. The lowest BCUT2D eigenvalue weighted by Gasteiger charge is -2.11. The molecule has 0 bridgehead atoms. The predicted octanol–water partition coefficient (Wildman–Crippen LogP) is 3.68. The molecule has 0 aliphatic carbocycles. The highest BCUT2D eigenvalue weighted by Gasteiger charge is 2.11. The lowest BCUT2D eigenvalue weighted by atomic mass is 10.0. The van der Waals surface area contributed by atoms with Crippen molar-refractivity contribution in [1.82, 2.24) is 4.98 Å². The number of nitrogens with zero attached hydrogens (tertiary/aromatic N) is 1. The van der Waals surface area contributed by atoms with Gasteiger partial charge in [0.15, 0.2) is 0 Å². The molecular formula is C16H8BrClNO2-. The zero-order valence-electron chi connectivity index (χ0n) is 10.6. The average molecular weight is 362 g/mol. The van der Waals surface area contributed by atoms with Gasteiger partial charge in [-0.05, 0) is 30.3 Å². The van der Waals surface area contributed by atoms with E-state index >= 15 is 0 Å². The third-order valence-electron chi connectivity index (χ3n) is 3.14. The summed E-state index contributed by atoms with van der Waals surface area (Å²) in [5.74, 6) is -1.24. The number of carbonyl (C=O) groups excluding carboxylic acids is 1. The van der Waals surface area contributed by atoms with Gasteiger partial charge in [-0.25, -0.2) is 4.98 Å². The summed E-state index contributed by atoms with van der Waals surface area (Å²) in [7, 11) is 0. The standard InChI is InChI=1S/C16H9BrClNO2/c17-9-5-6-14-11(7-9)12(16(20)21)8-15(19-14)10-3-1-2-4-13(10)18/h1-8H,(H,20,21)/p-1. The number of hydrogen-bond acceptors (Lipinski definition) is 3. The van der Waals surface area contributed by atoms with Crippen LogP contribution in [0.3, 0.4) is 0 Å². The van der Waals surface area contributed by atoms with Gasteiger partial charge in [0.2, 0.25) is 0 Å². The molecule has 0 fully saturated rings. The second-order valence-corrected chi connectivity index (χ2v) is 5.81. The van der Waals surface area contributed by atoms with Gasteiger partial charge in [0.05, 0.1) is 17.2 Å². The Morgan fingerprint density at radius 2 is 1.90 bits per heavy atom. The first-order chi connectivity index (χ1) is 10.1. The van der Waals surface area contributed by atoms with Gasteiger partial charge in [0.25, 0.3) is 0 Å². The molecule has 0 saturated heterocycles. The van der Waals surface area contributed by atoms with Crippen LogP contribution in [0.15, 0.2) is 53.0 Å². The van der Waals surface area contributed by atoms with E-state index in [-0.39, 0.29) is 5.56 Å². The maximum absolute atomic E-state index is 11.4. The Morgan fingerprint density at radius 1 is 1.14 bits per heavy atom. The molecule has 0 radical (unpaired) electrons. The molecule has 0 spiro atoms. The first-order valence-corrected chi connectivity index (χ1v) is 7.30. The van der Waals surface area contributed by atoms with E-state index in [1.807, 2.05) is 18.2 Å². The number of fused-ring (bicyclic) bond motifs is 1. The van der Waals surface area contributed by atoms with Crippen LogP contribution in [0.4, 0.5) is 0 Å². The van der Waals surface area contributed by atoms with Crippen LogP contribution in [0.5, 0.6) is 0 Å². The molecule has 0 aliphatic rings. The topological polar surface area (TPSA) is 53.0 Å². The van der Waals surface area contributed by atoms with E-state index in [1.165, 1.54) is 6.07 Å². The van der Waals surface area contributed by atoms with E-state index in [4.69, 9.17) is 11.6 Å². The van der Waals surface area contributed by atoms with Crippen molar-refractivity contribution in [2.45, 2.75) is 0 Å². The molecule has 0 aliphatic heterocycles. The van der Waals surface area contributed by atoms with Crippen molar-refractivity contribution in [1.29, 1.82) is 0 Å². The molecule has 1 aromatic heterocycles. The first-order valence-electron chi connectivity index (χ1n) is 6.13. The number of carboxylic acids is 1. The van der Waals surface area contributed by atoms with Gasteiger partial charge >= 0.3 is 0 Å². The number of hydrogen-bond donors (Lipinski definition) is 0. The van der Waals surface area contributed by atoms with Crippen LogP contribution in [-0.2, 0) is 0 Å². The summed E-state index contributed by atoms with van der Waals surface area (Å²) >= 11 is 9.49. The average Bonchev–Trinajstić information content (AvgIpc) is 2.46. The van der Waals surface area contributed by atoms with E-state index in [0.717, 1.165) is 4.47 Å². The number of rotatable bonds is 2. The number of pyridine rings is 1. The number of carbonyl (C=O) groups is 1. The first kappa shape index (κ1) is 14.0. The van der Waals surface area contributed by atoms with Gasteiger partial charge in [-0.15, -0.1) is 0 Å². The summed E-state index contributed by atoms with van der Waals surface area (Å²) < 4.78 is 0.782. The molecule has 0 amide bonds. The van der Waals surface area contributed by atoms with Crippen LogP contribution < -0.4 is 5.11 Å². The Bertz CT molecular complexity index is 864. The van der Waals surface area contributed by atoms with Crippen molar-refractivity contribution in [3.8, 4) is 11.3 Å². The SMILES string of the molecule is O=C([O-])c1cc(-c2ccccc2Cl)nc2ccc(Br)cc12. The highest BCUT2D eigenvalue weighted by molar-refractivity contribution is 9.10. The van der Waals surface area contributed by atoms with Crippen molar-refractivity contribution in [2.75, 3.05) is 0 Å². The lowest BCUT2D eigenvalue weighted by Crippen LogP contribution is -2.22. The maximum Gasteiger partial charge on any atom is 0.0731 e. The highest BCUT2D eigenvalue weighted by atomic mass is 79.9. The van der Waals surface area contributed by atoms with E-state index in [2.05, 4.69) is 20.9 Å². The van der Waals surface area contributed by atoms with Crippen molar-refractivity contribution in [2.24, 2.45) is 0 Å². The Kier molecular flexibility index (Phi) is 3.66. The molecule has 1 heterocycles. The van der Waals surface area contributed by atoms with Gasteiger partial charge in [-0.1, -0.05) is 45.7 Å². The van der Waals surface area contributed by atoms with Gasteiger partial charge in [0, 0.05) is 26.0 Å². The Balaban J connectivity index is 2.34. The minimum Gasteiger partial charge on any atom is -0.545 e. The minimum atomic E-state index is -1.24. The fraction of sp³-hybridized carbons (Fsp3) is 0. The molecular weight excluding hydrogens is 354 g/mol. The van der Waals surface area contributed by atoms with Crippen LogP contribution in [0.1, 0.15) is 10.4 Å². The third kappa shape index (κ3) is 2.64. The third-order valence-corrected chi connectivity index (χ3v) is 3.96. The highest BCUT2D eigenvalue weighted by Crippen LogP contribution is 2.30. The lowest BCUT2D eigenvalue weighted by molar-refractivity contribution is -0.254. The summed E-state index contributed by atoms with van der Waals surface area (Å²) in [6.45, 7) is 0. The molecule has 0 N–H and O–H groups in total. The maximum atomic E-state index is 11.4. The van der Waals surface area contributed by atoms with Crippen molar-refractivity contribution in [3.63, 3.8) is 0 Å². The summed E-state index contributed by atoms with van der Waals surface area (Å²) in [6, 6.07) is 13.9. The van der Waals surface area contributed by atoms with Crippen LogP contribution in [0.25, 0.3) is 22.2 Å². The van der Waals surface area contributed by atoms with E-state index in [0.29, 0.717) is 27.2 Å². The summed E-state index contributed by atoms with van der Waals surface area (Å²) in [5, 5.41) is 12.5. The van der Waals surface area contributed by atoms with Crippen molar-refractivity contribution in [3.05, 3.63) is 63.6 Å². The fourth-order valence-corrected chi connectivity index (χ4v) is 2.77. The molecule has 0 saturated carbocycles. The number of halogens is 2. The number of aromatic carboxylic acids is 1. The van der Waals surface area contributed by atoms with E-state index in [1.54, 1.807) is 24.3 Å². The number of carboxylic acid groups (broad SMARTS) is 1.